The molecule has 21 heavy (non-hydrogen) atoms. The van der Waals surface area contributed by atoms with Crippen LogP contribution in [-0.2, 0) is 0 Å². The molecule has 0 aliphatic carbocycles. The normalized spacial score (nSPS) is 15.0. The molecule has 2 atom stereocenters. The van der Waals surface area contributed by atoms with Gasteiger partial charge in [0.1, 0.15) is 0 Å². The molecule has 0 saturated heterocycles. The number of allylic oxidation sites excluding steroid dienone is 3. The highest BCUT2D eigenvalue weighted by Crippen LogP contribution is 2.09. The molecule has 0 rings (SSSR count). The second-order valence-corrected chi connectivity index (χ2v) is 5.72. The first-order valence-corrected chi connectivity index (χ1v) is 8.58. The van der Waals surface area contributed by atoms with E-state index in [-0.39, 0.29) is 6.61 Å². The molecule has 3 nitrogen and oxygen atoms in total. The fraction of sp³-hybridized carbons (Fsp3) is 0.778. The highest BCUT2D eigenvalue weighted by atomic mass is 16.3. The van der Waals surface area contributed by atoms with Crippen LogP contribution in [0, 0.1) is 0 Å². The van der Waals surface area contributed by atoms with Gasteiger partial charge in [0.05, 0.1) is 18.8 Å². The molecule has 0 heterocycles. The number of hydrogen-bond acceptors (Lipinski definition) is 3. The van der Waals surface area contributed by atoms with E-state index in [9.17, 15) is 5.11 Å². The van der Waals surface area contributed by atoms with Crippen molar-refractivity contribution in [2.45, 2.75) is 83.3 Å². The van der Waals surface area contributed by atoms with Gasteiger partial charge in [-0.15, -0.1) is 0 Å². The van der Waals surface area contributed by atoms with Crippen LogP contribution in [-0.4, -0.2) is 29.0 Å². The van der Waals surface area contributed by atoms with Crippen LogP contribution in [0.15, 0.2) is 24.3 Å². The van der Waals surface area contributed by atoms with Crippen molar-refractivity contribution in [1.82, 2.24) is 0 Å². The standard InChI is InChI=1S/C18H35NO2/c1-2-3-4-5-6-7-8-9-10-11-12-13-14-15-18(21)17(19)16-20/h10-11,14-15,17-18,20-21H,2-9,12-13,16,19H2,1H3/b11-10?,15-14+/t17-,18+/m0/s1. The zero-order chi connectivity index (χ0) is 15.8. The van der Waals surface area contributed by atoms with Crippen molar-refractivity contribution < 1.29 is 10.2 Å². The second-order valence-electron chi connectivity index (χ2n) is 5.72. The summed E-state index contributed by atoms with van der Waals surface area (Å²) in [6.45, 7) is 2.06. The summed E-state index contributed by atoms with van der Waals surface area (Å²) in [7, 11) is 0. The topological polar surface area (TPSA) is 66.5 Å². The highest BCUT2D eigenvalue weighted by Gasteiger charge is 2.08. The SMILES string of the molecule is CCCCCCCCCC=CCC/C=C/[C@@H](O)[C@@H](N)CO. The summed E-state index contributed by atoms with van der Waals surface area (Å²) in [6.07, 6.45) is 19.9. The lowest BCUT2D eigenvalue weighted by Gasteiger charge is -2.11. The van der Waals surface area contributed by atoms with Crippen molar-refractivity contribution in [1.29, 1.82) is 0 Å². The third kappa shape index (κ3) is 14.1. The van der Waals surface area contributed by atoms with Crippen LogP contribution >= 0.6 is 0 Å². The van der Waals surface area contributed by atoms with Gasteiger partial charge in [0, 0.05) is 0 Å². The molecule has 0 amide bonds. The smallest absolute Gasteiger partial charge is 0.0894 e. The number of aliphatic hydroxyl groups is 2. The maximum atomic E-state index is 9.51. The van der Waals surface area contributed by atoms with Crippen LogP contribution in [0.3, 0.4) is 0 Å². The van der Waals surface area contributed by atoms with E-state index < -0.39 is 12.1 Å². The van der Waals surface area contributed by atoms with Crippen LogP contribution in [0.1, 0.15) is 71.1 Å². The van der Waals surface area contributed by atoms with E-state index in [1.54, 1.807) is 6.08 Å². The first-order chi connectivity index (χ1) is 10.2. The Morgan fingerprint density at radius 2 is 1.43 bits per heavy atom. The Balaban J connectivity index is 3.35. The fourth-order valence-corrected chi connectivity index (χ4v) is 2.13. The minimum Gasteiger partial charge on any atom is -0.395 e. The minimum atomic E-state index is -0.744. The van der Waals surface area contributed by atoms with Crippen molar-refractivity contribution in [3.63, 3.8) is 0 Å². The van der Waals surface area contributed by atoms with Gasteiger partial charge in [-0.1, -0.05) is 69.8 Å². The van der Waals surface area contributed by atoms with Crippen LogP contribution in [0.5, 0.6) is 0 Å². The van der Waals surface area contributed by atoms with E-state index >= 15 is 0 Å². The van der Waals surface area contributed by atoms with E-state index in [0.717, 1.165) is 12.8 Å². The van der Waals surface area contributed by atoms with Crippen LogP contribution in [0.25, 0.3) is 0 Å². The molecule has 0 aromatic heterocycles. The van der Waals surface area contributed by atoms with Gasteiger partial charge in [-0.25, -0.2) is 0 Å². The molecule has 0 aromatic rings. The quantitative estimate of drug-likeness (QED) is 0.338. The van der Waals surface area contributed by atoms with Crippen molar-refractivity contribution in [3.8, 4) is 0 Å². The van der Waals surface area contributed by atoms with Crippen molar-refractivity contribution in [3.05, 3.63) is 24.3 Å². The molecule has 0 spiro atoms. The molecule has 0 saturated carbocycles. The molecule has 0 bridgehead atoms. The number of rotatable bonds is 14. The molecule has 0 unspecified atom stereocenters. The summed E-state index contributed by atoms with van der Waals surface area (Å²) in [5.74, 6) is 0. The summed E-state index contributed by atoms with van der Waals surface area (Å²) in [5.41, 5.74) is 5.50. The molecule has 0 radical (unpaired) electrons. The molecule has 124 valence electrons. The molecule has 3 heteroatoms. The molecular formula is C18H35NO2. The Bertz CT molecular complexity index is 264. The first-order valence-electron chi connectivity index (χ1n) is 8.58. The number of unbranched alkanes of at least 4 members (excludes halogenated alkanes) is 8. The Labute approximate surface area is 130 Å². The predicted octanol–water partition coefficient (Wildman–Crippen LogP) is 3.70. The van der Waals surface area contributed by atoms with Crippen molar-refractivity contribution >= 4 is 0 Å². The molecule has 0 aromatic carbocycles. The zero-order valence-electron chi connectivity index (χ0n) is 13.7. The predicted molar refractivity (Wildman–Crippen MR) is 91.2 cm³/mol. The van der Waals surface area contributed by atoms with Crippen LogP contribution in [0.2, 0.25) is 0 Å². The summed E-state index contributed by atoms with van der Waals surface area (Å²) in [4.78, 5) is 0. The second kappa shape index (κ2) is 15.7. The van der Waals surface area contributed by atoms with Crippen LogP contribution < -0.4 is 5.73 Å². The Kier molecular flexibility index (Phi) is 15.3. The van der Waals surface area contributed by atoms with Gasteiger partial charge in [-0.05, 0) is 25.7 Å². The van der Waals surface area contributed by atoms with E-state index in [1.807, 2.05) is 6.08 Å². The third-order valence-electron chi connectivity index (χ3n) is 3.62. The van der Waals surface area contributed by atoms with Gasteiger partial charge in [0.2, 0.25) is 0 Å². The third-order valence-corrected chi connectivity index (χ3v) is 3.62. The molecule has 0 aliphatic rings. The molecule has 4 N–H and O–H groups in total. The van der Waals surface area contributed by atoms with Gasteiger partial charge in [-0.2, -0.15) is 0 Å². The van der Waals surface area contributed by atoms with E-state index in [2.05, 4.69) is 19.1 Å². The monoisotopic (exact) mass is 297 g/mol. The van der Waals surface area contributed by atoms with Crippen LogP contribution in [0.4, 0.5) is 0 Å². The van der Waals surface area contributed by atoms with Crippen molar-refractivity contribution in [2.75, 3.05) is 6.61 Å². The highest BCUT2D eigenvalue weighted by molar-refractivity contribution is 4.95. The lowest BCUT2D eigenvalue weighted by molar-refractivity contribution is 0.144. The first kappa shape index (κ1) is 20.4. The number of nitrogens with two attached hydrogens (primary N) is 1. The molecule has 0 aliphatic heterocycles. The number of aliphatic hydroxyl groups excluding tert-OH is 2. The largest absolute Gasteiger partial charge is 0.395 e. The molecular weight excluding hydrogens is 262 g/mol. The maximum absolute atomic E-state index is 9.51. The van der Waals surface area contributed by atoms with E-state index in [4.69, 9.17) is 10.8 Å². The number of hydrogen-bond donors (Lipinski definition) is 3. The summed E-state index contributed by atoms with van der Waals surface area (Å²) in [5, 5.41) is 18.3. The Hall–Kier alpha value is -0.640. The Morgan fingerprint density at radius 3 is 2.10 bits per heavy atom. The fourth-order valence-electron chi connectivity index (χ4n) is 2.13. The minimum absolute atomic E-state index is 0.191. The van der Waals surface area contributed by atoms with Gasteiger partial charge < -0.3 is 15.9 Å². The zero-order valence-corrected chi connectivity index (χ0v) is 13.7. The average Bonchev–Trinajstić information content (AvgIpc) is 2.50. The Morgan fingerprint density at radius 1 is 0.857 bits per heavy atom. The van der Waals surface area contributed by atoms with Gasteiger partial charge in [0.15, 0.2) is 0 Å². The lowest BCUT2D eigenvalue weighted by Crippen LogP contribution is -2.36. The van der Waals surface area contributed by atoms with E-state index in [1.165, 1.54) is 51.4 Å². The van der Waals surface area contributed by atoms with Crippen molar-refractivity contribution in [2.24, 2.45) is 5.73 Å². The summed E-state index contributed by atoms with van der Waals surface area (Å²) >= 11 is 0. The average molecular weight is 297 g/mol. The van der Waals surface area contributed by atoms with E-state index in [0.29, 0.717) is 0 Å². The lowest BCUT2D eigenvalue weighted by atomic mass is 10.1. The maximum Gasteiger partial charge on any atom is 0.0894 e. The van der Waals surface area contributed by atoms with Gasteiger partial charge in [0.25, 0.3) is 0 Å². The van der Waals surface area contributed by atoms with Gasteiger partial charge >= 0.3 is 0 Å². The molecule has 0 fully saturated rings. The van der Waals surface area contributed by atoms with Gasteiger partial charge in [-0.3, -0.25) is 0 Å². The summed E-state index contributed by atoms with van der Waals surface area (Å²) in [6, 6.07) is -0.575. The summed E-state index contributed by atoms with van der Waals surface area (Å²) < 4.78 is 0.